The summed E-state index contributed by atoms with van der Waals surface area (Å²) in [5.41, 5.74) is 6.66. The number of carbonyl (C=O) groups is 1. The van der Waals surface area contributed by atoms with Crippen LogP contribution in [0.5, 0.6) is 0 Å². The molecule has 0 fully saturated rings. The van der Waals surface area contributed by atoms with Gasteiger partial charge in [0.1, 0.15) is 0 Å². The first-order chi connectivity index (χ1) is 8.99. The molecule has 0 heterocycles. The molecule has 98 valence electrons. The lowest BCUT2D eigenvalue weighted by Crippen LogP contribution is -2.13. The van der Waals surface area contributed by atoms with Crippen LogP contribution in [0.15, 0.2) is 36.4 Å². The normalized spacial score (nSPS) is 10.3. The number of nitrogens with two attached hydrogens (primary N) is 1. The molecule has 19 heavy (non-hydrogen) atoms. The van der Waals surface area contributed by atoms with Crippen molar-refractivity contribution in [3.8, 4) is 0 Å². The maximum atomic E-state index is 11.3. The Morgan fingerprint density at radius 1 is 1.05 bits per heavy atom. The lowest BCUT2D eigenvalue weighted by atomic mass is 10.1. The van der Waals surface area contributed by atoms with Crippen molar-refractivity contribution in [2.75, 3.05) is 5.32 Å². The highest BCUT2D eigenvalue weighted by Crippen LogP contribution is 2.36. The molecule has 3 N–H and O–H groups in total. The summed E-state index contributed by atoms with van der Waals surface area (Å²) >= 11 is 18.0. The standard InChI is InChI=1S/C13H9Cl3N2O/c14-7-5-9(15)12(10(16)6-7)18-11-4-2-1-3-8(11)13(17)19/h1-6,18H,(H2,17,19). The monoisotopic (exact) mass is 314 g/mol. The number of carbonyl (C=O) groups excluding carboxylic acids is 1. The molecule has 6 heteroatoms. The van der Waals surface area contributed by atoms with E-state index in [1.54, 1.807) is 36.4 Å². The molecule has 0 aliphatic heterocycles. The molecular weight excluding hydrogens is 307 g/mol. The maximum Gasteiger partial charge on any atom is 0.250 e. The van der Waals surface area contributed by atoms with Crippen LogP contribution in [-0.2, 0) is 0 Å². The van der Waals surface area contributed by atoms with E-state index >= 15 is 0 Å². The quantitative estimate of drug-likeness (QED) is 0.877. The van der Waals surface area contributed by atoms with Crippen LogP contribution < -0.4 is 11.1 Å². The third-order valence-corrected chi connectivity index (χ3v) is 3.27. The minimum Gasteiger partial charge on any atom is -0.366 e. The van der Waals surface area contributed by atoms with E-state index in [4.69, 9.17) is 40.5 Å². The molecule has 0 bridgehead atoms. The molecule has 2 aromatic carbocycles. The molecule has 0 atom stereocenters. The molecular formula is C13H9Cl3N2O. The Kier molecular flexibility index (Phi) is 4.20. The minimum atomic E-state index is -0.538. The van der Waals surface area contributed by atoms with Crippen molar-refractivity contribution in [3.63, 3.8) is 0 Å². The highest BCUT2D eigenvalue weighted by molar-refractivity contribution is 6.41. The zero-order valence-electron chi connectivity index (χ0n) is 9.58. The second-order valence-electron chi connectivity index (χ2n) is 3.78. The number of primary amides is 1. The average molecular weight is 316 g/mol. The van der Waals surface area contributed by atoms with Crippen molar-refractivity contribution in [2.24, 2.45) is 5.73 Å². The molecule has 0 unspecified atom stereocenters. The van der Waals surface area contributed by atoms with Gasteiger partial charge in [-0.1, -0.05) is 46.9 Å². The van der Waals surface area contributed by atoms with E-state index in [0.29, 0.717) is 32.0 Å². The van der Waals surface area contributed by atoms with Crippen molar-refractivity contribution >= 4 is 52.1 Å². The third kappa shape index (κ3) is 3.13. The highest BCUT2D eigenvalue weighted by Gasteiger charge is 2.12. The van der Waals surface area contributed by atoms with Crippen LogP contribution in [0.2, 0.25) is 15.1 Å². The lowest BCUT2D eigenvalue weighted by molar-refractivity contribution is 0.100. The van der Waals surface area contributed by atoms with Crippen molar-refractivity contribution in [3.05, 3.63) is 57.0 Å². The summed E-state index contributed by atoms with van der Waals surface area (Å²) in [7, 11) is 0. The summed E-state index contributed by atoms with van der Waals surface area (Å²) in [6.07, 6.45) is 0. The summed E-state index contributed by atoms with van der Waals surface area (Å²) in [4.78, 5) is 11.3. The Bertz CT molecular complexity index is 621. The van der Waals surface area contributed by atoms with Crippen LogP contribution in [0.1, 0.15) is 10.4 Å². The van der Waals surface area contributed by atoms with Crippen LogP contribution in [0.4, 0.5) is 11.4 Å². The number of hydrogen-bond acceptors (Lipinski definition) is 2. The Morgan fingerprint density at radius 3 is 2.21 bits per heavy atom. The molecule has 2 rings (SSSR count). The number of amides is 1. The van der Waals surface area contributed by atoms with Gasteiger partial charge in [0, 0.05) is 5.02 Å². The number of rotatable bonds is 3. The first-order valence-corrected chi connectivity index (χ1v) is 6.43. The molecule has 3 nitrogen and oxygen atoms in total. The molecule has 0 aromatic heterocycles. The fourth-order valence-electron chi connectivity index (χ4n) is 1.60. The van der Waals surface area contributed by atoms with E-state index in [1.165, 1.54) is 0 Å². The van der Waals surface area contributed by atoms with E-state index < -0.39 is 5.91 Å². The molecule has 2 aromatic rings. The number of anilines is 2. The van der Waals surface area contributed by atoms with Gasteiger partial charge < -0.3 is 11.1 Å². The second kappa shape index (κ2) is 5.70. The Labute approximate surface area is 125 Å². The van der Waals surface area contributed by atoms with E-state index in [-0.39, 0.29) is 0 Å². The molecule has 0 saturated heterocycles. The predicted octanol–water partition coefficient (Wildman–Crippen LogP) is 4.49. The van der Waals surface area contributed by atoms with Crippen molar-refractivity contribution in [2.45, 2.75) is 0 Å². The number of hydrogen-bond donors (Lipinski definition) is 2. The highest BCUT2D eigenvalue weighted by atomic mass is 35.5. The number of para-hydroxylation sites is 1. The van der Waals surface area contributed by atoms with Crippen LogP contribution in [-0.4, -0.2) is 5.91 Å². The third-order valence-electron chi connectivity index (χ3n) is 2.46. The summed E-state index contributed by atoms with van der Waals surface area (Å²) < 4.78 is 0. The van der Waals surface area contributed by atoms with Crippen LogP contribution >= 0.6 is 34.8 Å². The van der Waals surface area contributed by atoms with Gasteiger partial charge in [-0.05, 0) is 24.3 Å². The fourth-order valence-corrected chi connectivity index (χ4v) is 2.51. The Hall–Kier alpha value is -1.42. The maximum absolute atomic E-state index is 11.3. The number of benzene rings is 2. The largest absolute Gasteiger partial charge is 0.366 e. The fraction of sp³-hybridized carbons (Fsp3) is 0. The zero-order chi connectivity index (χ0) is 14.0. The van der Waals surface area contributed by atoms with Gasteiger partial charge in [-0.3, -0.25) is 4.79 Å². The van der Waals surface area contributed by atoms with Gasteiger partial charge in [-0.25, -0.2) is 0 Å². The van der Waals surface area contributed by atoms with E-state index in [0.717, 1.165) is 0 Å². The Balaban J connectivity index is 2.45. The average Bonchev–Trinajstić information content (AvgIpc) is 2.34. The van der Waals surface area contributed by atoms with Gasteiger partial charge in [-0.15, -0.1) is 0 Å². The SMILES string of the molecule is NC(=O)c1ccccc1Nc1c(Cl)cc(Cl)cc1Cl. The summed E-state index contributed by atoms with van der Waals surface area (Å²) in [6, 6.07) is 9.93. The first kappa shape index (κ1) is 14.0. The van der Waals surface area contributed by atoms with Crippen LogP contribution in [0.25, 0.3) is 0 Å². The smallest absolute Gasteiger partial charge is 0.250 e. The number of nitrogens with one attached hydrogen (secondary N) is 1. The van der Waals surface area contributed by atoms with Crippen LogP contribution in [0, 0.1) is 0 Å². The van der Waals surface area contributed by atoms with Crippen LogP contribution in [0.3, 0.4) is 0 Å². The minimum absolute atomic E-state index is 0.351. The van der Waals surface area contributed by atoms with Crippen molar-refractivity contribution in [1.29, 1.82) is 0 Å². The van der Waals surface area contributed by atoms with Gasteiger partial charge in [0.2, 0.25) is 0 Å². The molecule has 0 spiro atoms. The van der Waals surface area contributed by atoms with Gasteiger partial charge in [0.15, 0.2) is 0 Å². The summed E-state index contributed by atoms with van der Waals surface area (Å²) in [6.45, 7) is 0. The topological polar surface area (TPSA) is 55.1 Å². The van der Waals surface area contributed by atoms with Crippen molar-refractivity contribution in [1.82, 2.24) is 0 Å². The molecule has 0 aliphatic rings. The van der Waals surface area contributed by atoms with Gasteiger partial charge in [0.05, 0.1) is 27.0 Å². The molecule has 0 aliphatic carbocycles. The van der Waals surface area contributed by atoms with E-state index in [2.05, 4.69) is 5.32 Å². The number of halogens is 3. The van der Waals surface area contributed by atoms with Gasteiger partial charge in [0.25, 0.3) is 5.91 Å². The molecule has 0 saturated carbocycles. The van der Waals surface area contributed by atoms with Gasteiger partial charge >= 0.3 is 0 Å². The van der Waals surface area contributed by atoms with Gasteiger partial charge in [-0.2, -0.15) is 0 Å². The molecule has 1 amide bonds. The summed E-state index contributed by atoms with van der Waals surface area (Å²) in [5.74, 6) is -0.538. The predicted molar refractivity (Wildman–Crippen MR) is 79.7 cm³/mol. The zero-order valence-corrected chi connectivity index (χ0v) is 11.9. The Morgan fingerprint density at radius 2 is 1.63 bits per heavy atom. The lowest BCUT2D eigenvalue weighted by Gasteiger charge is -2.13. The second-order valence-corrected chi connectivity index (χ2v) is 5.03. The first-order valence-electron chi connectivity index (χ1n) is 5.29. The molecule has 0 radical (unpaired) electrons. The van der Waals surface area contributed by atoms with E-state index in [1.807, 2.05) is 0 Å². The summed E-state index contributed by atoms with van der Waals surface area (Å²) in [5, 5.41) is 4.14. The van der Waals surface area contributed by atoms with E-state index in [9.17, 15) is 4.79 Å². The van der Waals surface area contributed by atoms with Crippen molar-refractivity contribution < 1.29 is 4.79 Å².